The number of hydrogen-bond acceptors (Lipinski definition) is 5. The van der Waals surface area contributed by atoms with Gasteiger partial charge in [0.05, 0.1) is 20.3 Å². The minimum atomic E-state index is -0.510. The van der Waals surface area contributed by atoms with Crippen molar-refractivity contribution in [3.05, 3.63) is 0 Å². The maximum Gasteiger partial charge on any atom is 0.322 e. The summed E-state index contributed by atoms with van der Waals surface area (Å²) in [5.41, 5.74) is 5.83. The second-order valence-electron chi connectivity index (χ2n) is 4.49. The summed E-state index contributed by atoms with van der Waals surface area (Å²) < 4.78 is 15.9. The molecule has 2 rings (SSSR count). The van der Waals surface area contributed by atoms with E-state index >= 15 is 0 Å². The van der Waals surface area contributed by atoms with Crippen molar-refractivity contribution in [2.75, 3.05) is 20.3 Å². The SMILES string of the molecule is COC(=O)C(N)C1CCC2(CC1)OCCO2.Cl. The molecule has 6 heteroatoms. The molecule has 1 saturated carbocycles. The van der Waals surface area contributed by atoms with Gasteiger partial charge in [-0.15, -0.1) is 12.4 Å². The molecule has 2 fully saturated rings. The molecule has 2 aliphatic rings. The molecular weight excluding hydrogens is 246 g/mol. The van der Waals surface area contributed by atoms with Crippen LogP contribution in [0.3, 0.4) is 0 Å². The van der Waals surface area contributed by atoms with Crippen LogP contribution in [-0.4, -0.2) is 38.1 Å². The fourth-order valence-corrected chi connectivity index (χ4v) is 2.55. The molecular formula is C11H20ClNO4. The Labute approximate surface area is 107 Å². The highest BCUT2D eigenvalue weighted by Gasteiger charge is 2.42. The molecule has 2 N–H and O–H groups in total. The van der Waals surface area contributed by atoms with Crippen LogP contribution < -0.4 is 5.73 Å². The fraction of sp³-hybridized carbons (Fsp3) is 0.909. The second-order valence-corrected chi connectivity index (χ2v) is 4.49. The van der Waals surface area contributed by atoms with Crippen LogP contribution in [0.25, 0.3) is 0 Å². The molecule has 1 spiro atoms. The van der Waals surface area contributed by atoms with E-state index < -0.39 is 6.04 Å². The zero-order valence-corrected chi connectivity index (χ0v) is 10.8. The van der Waals surface area contributed by atoms with Crippen molar-refractivity contribution >= 4 is 18.4 Å². The van der Waals surface area contributed by atoms with Gasteiger partial charge in [0.2, 0.25) is 0 Å². The van der Waals surface area contributed by atoms with Crippen molar-refractivity contribution in [3.63, 3.8) is 0 Å². The number of nitrogens with two attached hydrogens (primary N) is 1. The van der Waals surface area contributed by atoms with Crippen LogP contribution in [-0.2, 0) is 19.0 Å². The molecule has 1 unspecified atom stereocenters. The summed E-state index contributed by atoms with van der Waals surface area (Å²) >= 11 is 0. The molecule has 100 valence electrons. The van der Waals surface area contributed by atoms with Gasteiger partial charge in [-0.05, 0) is 18.8 Å². The largest absolute Gasteiger partial charge is 0.468 e. The first-order valence-corrected chi connectivity index (χ1v) is 5.78. The lowest BCUT2D eigenvalue weighted by molar-refractivity contribution is -0.184. The van der Waals surface area contributed by atoms with Crippen molar-refractivity contribution in [2.45, 2.75) is 37.5 Å². The van der Waals surface area contributed by atoms with Gasteiger partial charge in [-0.3, -0.25) is 4.79 Å². The zero-order valence-electron chi connectivity index (χ0n) is 10.0. The van der Waals surface area contributed by atoms with Crippen LogP contribution in [0.15, 0.2) is 0 Å². The number of carbonyl (C=O) groups is 1. The predicted octanol–water partition coefficient (Wildman–Crippen LogP) is 0.842. The molecule has 0 radical (unpaired) electrons. The van der Waals surface area contributed by atoms with E-state index in [9.17, 15) is 4.79 Å². The summed E-state index contributed by atoms with van der Waals surface area (Å²) in [5, 5.41) is 0. The first-order valence-electron chi connectivity index (χ1n) is 5.78. The molecule has 1 heterocycles. The molecule has 0 aromatic carbocycles. The summed E-state index contributed by atoms with van der Waals surface area (Å²) in [6.45, 7) is 1.35. The first kappa shape index (κ1) is 14.7. The van der Waals surface area contributed by atoms with E-state index in [0.717, 1.165) is 25.7 Å². The van der Waals surface area contributed by atoms with Gasteiger partial charge in [-0.2, -0.15) is 0 Å². The topological polar surface area (TPSA) is 70.8 Å². The standard InChI is InChI=1S/C11H19NO4.ClH/c1-14-10(13)9(12)8-2-4-11(5-3-8)15-6-7-16-11;/h8-9H,2-7,12H2,1H3;1H. The molecule has 1 aliphatic heterocycles. The Balaban J connectivity index is 0.00000144. The number of esters is 1. The van der Waals surface area contributed by atoms with Crippen LogP contribution >= 0.6 is 12.4 Å². The summed E-state index contributed by atoms with van der Waals surface area (Å²) in [6.07, 6.45) is 3.36. The lowest BCUT2D eigenvalue weighted by Gasteiger charge is -2.36. The normalized spacial score (nSPS) is 25.3. The molecule has 0 aromatic rings. The van der Waals surface area contributed by atoms with Crippen LogP contribution in [0, 0.1) is 5.92 Å². The second kappa shape index (κ2) is 6.00. The number of carbonyl (C=O) groups excluding carboxylic acids is 1. The van der Waals surface area contributed by atoms with Gasteiger partial charge in [-0.1, -0.05) is 0 Å². The Morgan fingerprint density at radius 1 is 1.35 bits per heavy atom. The Morgan fingerprint density at radius 3 is 2.35 bits per heavy atom. The van der Waals surface area contributed by atoms with E-state index in [2.05, 4.69) is 4.74 Å². The third-order valence-electron chi connectivity index (χ3n) is 3.59. The number of rotatable bonds is 2. The first-order chi connectivity index (χ1) is 7.67. The summed E-state index contributed by atoms with van der Waals surface area (Å²) in [7, 11) is 1.37. The Hall–Kier alpha value is -0.360. The third kappa shape index (κ3) is 3.10. The van der Waals surface area contributed by atoms with Crippen LogP contribution in [0.1, 0.15) is 25.7 Å². The Kier molecular flexibility index (Phi) is 5.19. The molecule has 1 atom stereocenters. The van der Waals surface area contributed by atoms with Crippen molar-refractivity contribution in [3.8, 4) is 0 Å². The van der Waals surface area contributed by atoms with E-state index in [1.54, 1.807) is 0 Å². The van der Waals surface area contributed by atoms with Gasteiger partial charge < -0.3 is 19.9 Å². The molecule has 1 saturated heterocycles. The van der Waals surface area contributed by atoms with Gasteiger partial charge in [0.25, 0.3) is 0 Å². The quantitative estimate of drug-likeness (QED) is 0.750. The minimum Gasteiger partial charge on any atom is -0.468 e. The molecule has 0 amide bonds. The number of hydrogen-bond donors (Lipinski definition) is 1. The van der Waals surface area contributed by atoms with Gasteiger partial charge >= 0.3 is 5.97 Å². The highest BCUT2D eigenvalue weighted by Crippen LogP contribution is 2.39. The van der Waals surface area contributed by atoms with E-state index in [1.807, 2.05) is 0 Å². The maximum atomic E-state index is 11.3. The van der Waals surface area contributed by atoms with E-state index in [0.29, 0.717) is 13.2 Å². The van der Waals surface area contributed by atoms with Crippen LogP contribution in [0.2, 0.25) is 0 Å². The average molecular weight is 266 g/mol. The summed E-state index contributed by atoms with van der Waals surface area (Å²) in [6, 6.07) is -0.510. The highest BCUT2D eigenvalue weighted by molar-refractivity contribution is 5.85. The van der Waals surface area contributed by atoms with Crippen molar-refractivity contribution in [2.24, 2.45) is 11.7 Å². The molecule has 1 aliphatic carbocycles. The number of methoxy groups -OCH3 is 1. The zero-order chi connectivity index (χ0) is 11.6. The Morgan fingerprint density at radius 2 is 1.88 bits per heavy atom. The summed E-state index contributed by atoms with van der Waals surface area (Å²) in [4.78, 5) is 11.3. The van der Waals surface area contributed by atoms with Gasteiger partial charge in [-0.25, -0.2) is 0 Å². The lowest BCUT2D eigenvalue weighted by Crippen LogP contribution is -2.44. The Bertz CT molecular complexity index is 258. The van der Waals surface area contributed by atoms with Gasteiger partial charge in [0.15, 0.2) is 5.79 Å². The minimum absolute atomic E-state index is 0. The van der Waals surface area contributed by atoms with Gasteiger partial charge in [0.1, 0.15) is 6.04 Å². The smallest absolute Gasteiger partial charge is 0.322 e. The number of halogens is 1. The monoisotopic (exact) mass is 265 g/mol. The van der Waals surface area contributed by atoms with Gasteiger partial charge in [0, 0.05) is 12.8 Å². The van der Waals surface area contributed by atoms with E-state index in [4.69, 9.17) is 15.2 Å². The summed E-state index contributed by atoms with van der Waals surface area (Å²) in [5.74, 6) is -0.521. The number of ether oxygens (including phenoxy) is 3. The van der Waals surface area contributed by atoms with E-state index in [-0.39, 0.29) is 30.1 Å². The lowest BCUT2D eigenvalue weighted by atomic mass is 9.81. The van der Waals surface area contributed by atoms with Crippen molar-refractivity contribution in [1.29, 1.82) is 0 Å². The van der Waals surface area contributed by atoms with Crippen molar-refractivity contribution in [1.82, 2.24) is 0 Å². The molecule has 17 heavy (non-hydrogen) atoms. The van der Waals surface area contributed by atoms with Crippen LogP contribution in [0.4, 0.5) is 0 Å². The fourth-order valence-electron chi connectivity index (χ4n) is 2.55. The molecule has 0 aromatic heterocycles. The molecule has 5 nitrogen and oxygen atoms in total. The van der Waals surface area contributed by atoms with E-state index in [1.165, 1.54) is 7.11 Å². The third-order valence-corrected chi connectivity index (χ3v) is 3.59. The molecule has 0 bridgehead atoms. The average Bonchev–Trinajstić information content (AvgIpc) is 2.77. The van der Waals surface area contributed by atoms with Crippen molar-refractivity contribution < 1.29 is 19.0 Å². The maximum absolute atomic E-state index is 11.3. The van der Waals surface area contributed by atoms with Crippen LogP contribution in [0.5, 0.6) is 0 Å². The predicted molar refractivity (Wildman–Crippen MR) is 63.8 cm³/mol. The highest BCUT2D eigenvalue weighted by atomic mass is 35.5.